The first-order valence-corrected chi connectivity index (χ1v) is 8.23. The monoisotopic (exact) mass is 347 g/mol. The van der Waals surface area contributed by atoms with E-state index in [9.17, 15) is 9.18 Å². The fourth-order valence-electron chi connectivity index (χ4n) is 2.27. The molecule has 0 unspecified atom stereocenters. The van der Waals surface area contributed by atoms with E-state index in [1.54, 1.807) is 24.4 Å². The molecule has 1 heterocycles. The van der Waals surface area contributed by atoms with Crippen molar-refractivity contribution in [1.82, 2.24) is 4.98 Å². The lowest BCUT2D eigenvalue weighted by atomic mass is 10.1. The van der Waals surface area contributed by atoms with Crippen LogP contribution in [0.1, 0.15) is 33.1 Å². The number of pyridine rings is 1. The normalized spacial score (nSPS) is 10.7. The fourth-order valence-corrected chi connectivity index (χ4v) is 2.27. The lowest BCUT2D eigenvalue weighted by Gasteiger charge is -2.14. The number of carboxylic acids is 1. The Kier molecular flexibility index (Phi) is 6.74. The van der Waals surface area contributed by atoms with Crippen molar-refractivity contribution in [3.05, 3.63) is 42.3 Å². The molecular weight excluding hydrogens is 325 g/mol. The van der Waals surface area contributed by atoms with E-state index in [1.807, 2.05) is 19.9 Å². The van der Waals surface area contributed by atoms with E-state index >= 15 is 0 Å². The molecule has 1 aromatic heterocycles. The molecule has 0 aliphatic carbocycles. The van der Waals surface area contributed by atoms with Crippen LogP contribution >= 0.6 is 0 Å². The molecule has 2 aromatic rings. The number of halogens is 1. The van der Waals surface area contributed by atoms with Crippen molar-refractivity contribution in [3.63, 3.8) is 0 Å². The molecule has 0 amide bonds. The third-order valence-electron chi connectivity index (χ3n) is 3.40. The molecule has 0 bridgehead atoms. The van der Waals surface area contributed by atoms with Gasteiger partial charge in [-0.2, -0.15) is 0 Å². The van der Waals surface area contributed by atoms with Crippen LogP contribution in [0.4, 0.5) is 4.39 Å². The summed E-state index contributed by atoms with van der Waals surface area (Å²) in [6.07, 6.45) is 2.74. The van der Waals surface area contributed by atoms with E-state index < -0.39 is 11.8 Å². The first kappa shape index (κ1) is 18.7. The molecule has 0 aliphatic rings. The lowest BCUT2D eigenvalue weighted by Crippen LogP contribution is -2.07. The number of unbranched alkanes of at least 4 members (excludes halogenated alkanes) is 1. The van der Waals surface area contributed by atoms with Crippen LogP contribution in [0.2, 0.25) is 0 Å². The minimum Gasteiger partial charge on any atom is -0.491 e. The Morgan fingerprint density at radius 3 is 2.76 bits per heavy atom. The highest BCUT2D eigenvalue weighted by atomic mass is 19.1. The van der Waals surface area contributed by atoms with Gasteiger partial charge in [0.2, 0.25) is 5.88 Å². The number of nitrogens with zero attached hydrogens (tertiary/aromatic N) is 1. The average Bonchev–Trinajstić information content (AvgIpc) is 2.55. The number of carbonyl (C=O) groups is 1. The maximum Gasteiger partial charge on any atom is 0.303 e. The number of aliphatic carboxylic acids is 1. The van der Waals surface area contributed by atoms with Gasteiger partial charge in [0, 0.05) is 18.2 Å². The van der Waals surface area contributed by atoms with Gasteiger partial charge in [0.15, 0.2) is 11.6 Å². The van der Waals surface area contributed by atoms with Crippen molar-refractivity contribution < 1.29 is 23.8 Å². The van der Waals surface area contributed by atoms with Crippen LogP contribution in [0.15, 0.2) is 36.5 Å². The van der Waals surface area contributed by atoms with E-state index in [2.05, 4.69) is 4.98 Å². The first-order valence-electron chi connectivity index (χ1n) is 8.23. The summed E-state index contributed by atoms with van der Waals surface area (Å²) in [6, 6.07) is 8.30. The molecule has 0 radical (unpaired) electrons. The van der Waals surface area contributed by atoms with Gasteiger partial charge in [0.25, 0.3) is 0 Å². The van der Waals surface area contributed by atoms with E-state index in [4.69, 9.17) is 14.6 Å². The molecule has 0 saturated heterocycles. The number of ether oxygens (including phenoxy) is 2. The van der Waals surface area contributed by atoms with Crippen LogP contribution < -0.4 is 9.47 Å². The van der Waals surface area contributed by atoms with Gasteiger partial charge in [0.1, 0.15) is 0 Å². The molecule has 1 aromatic carbocycles. The predicted molar refractivity (Wildman–Crippen MR) is 92.4 cm³/mol. The summed E-state index contributed by atoms with van der Waals surface area (Å²) in [7, 11) is 0. The smallest absolute Gasteiger partial charge is 0.303 e. The largest absolute Gasteiger partial charge is 0.491 e. The first-order chi connectivity index (χ1) is 12.0. The second-order valence-electron chi connectivity index (χ2n) is 5.87. The number of benzene rings is 1. The van der Waals surface area contributed by atoms with E-state index in [-0.39, 0.29) is 24.9 Å². The van der Waals surface area contributed by atoms with Gasteiger partial charge in [-0.25, -0.2) is 9.37 Å². The van der Waals surface area contributed by atoms with Gasteiger partial charge in [-0.05, 0) is 56.5 Å². The molecule has 0 atom stereocenters. The van der Waals surface area contributed by atoms with Crippen molar-refractivity contribution >= 4 is 5.97 Å². The molecule has 25 heavy (non-hydrogen) atoms. The van der Waals surface area contributed by atoms with Gasteiger partial charge in [0.05, 0.1) is 12.7 Å². The van der Waals surface area contributed by atoms with Crippen molar-refractivity contribution in [1.29, 1.82) is 0 Å². The average molecular weight is 347 g/mol. The standard InChI is InChI=1S/C19H22FNO4/c1-13(2)25-19-15(6-5-10-21-19)14-8-9-17(16(20)12-14)24-11-4-3-7-18(22)23/h5-6,8-10,12-13H,3-4,7,11H2,1-2H3,(H,22,23). The zero-order valence-corrected chi connectivity index (χ0v) is 14.4. The fraction of sp³-hybridized carbons (Fsp3) is 0.368. The Labute approximate surface area is 146 Å². The van der Waals surface area contributed by atoms with Crippen LogP contribution in [-0.4, -0.2) is 28.8 Å². The third kappa shape index (κ3) is 5.74. The number of aromatic nitrogens is 1. The Bertz CT molecular complexity index is 718. The van der Waals surface area contributed by atoms with E-state index in [1.165, 1.54) is 6.07 Å². The van der Waals surface area contributed by atoms with Gasteiger partial charge < -0.3 is 14.6 Å². The highest BCUT2D eigenvalue weighted by Crippen LogP contribution is 2.31. The lowest BCUT2D eigenvalue weighted by molar-refractivity contribution is -0.137. The highest BCUT2D eigenvalue weighted by Gasteiger charge is 2.12. The highest BCUT2D eigenvalue weighted by molar-refractivity contribution is 5.69. The van der Waals surface area contributed by atoms with Gasteiger partial charge in [-0.3, -0.25) is 4.79 Å². The number of carboxylic acid groups (broad SMARTS) is 1. The molecule has 0 fully saturated rings. The summed E-state index contributed by atoms with van der Waals surface area (Å²) in [5.74, 6) is -0.713. The van der Waals surface area contributed by atoms with Crippen LogP contribution in [0.3, 0.4) is 0 Å². The molecule has 5 nitrogen and oxygen atoms in total. The third-order valence-corrected chi connectivity index (χ3v) is 3.40. The van der Waals surface area contributed by atoms with Crippen molar-refractivity contribution in [3.8, 4) is 22.8 Å². The van der Waals surface area contributed by atoms with Crippen LogP contribution in [-0.2, 0) is 4.79 Å². The van der Waals surface area contributed by atoms with Crippen molar-refractivity contribution in [2.24, 2.45) is 0 Å². The predicted octanol–water partition coefficient (Wildman–Crippen LogP) is 4.31. The van der Waals surface area contributed by atoms with Crippen LogP contribution in [0, 0.1) is 5.82 Å². The van der Waals surface area contributed by atoms with Gasteiger partial charge >= 0.3 is 5.97 Å². The zero-order valence-electron chi connectivity index (χ0n) is 14.4. The van der Waals surface area contributed by atoms with Crippen molar-refractivity contribution in [2.45, 2.75) is 39.2 Å². The molecular formula is C19H22FNO4. The van der Waals surface area contributed by atoms with Crippen LogP contribution in [0.25, 0.3) is 11.1 Å². The maximum atomic E-state index is 14.3. The second kappa shape index (κ2) is 9.01. The minimum atomic E-state index is -0.841. The molecule has 134 valence electrons. The molecule has 2 rings (SSSR count). The van der Waals surface area contributed by atoms with Gasteiger partial charge in [-0.15, -0.1) is 0 Å². The zero-order chi connectivity index (χ0) is 18.2. The molecule has 1 N–H and O–H groups in total. The minimum absolute atomic E-state index is 0.0353. The molecule has 0 spiro atoms. The second-order valence-corrected chi connectivity index (χ2v) is 5.87. The Hall–Kier alpha value is -2.63. The van der Waals surface area contributed by atoms with E-state index in [0.29, 0.717) is 29.8 Å². The van der Waals surface area contributed by atoms with Crippen LogP contribution in [0.5, 0.6) is 11.6 Å². The van der Waals surface area contributed by atoms with Gasteiger partial charge in [-0.1, -0.05) is 6.07 Å². The summed E-state index contributed by atoms with van der Waals surface area (Å²) in [5.41, 5.74) is 1.36. The topological polar surface area (TPSA) is 68.7 Å². The molecule has 0 aliphatic heterocycles. The summed E-state index contributed by atoms with van der Waals surface area (Å²) >= 11 is 0. The Morgan fingerprint density at radius 1 is 1.28 bits per heavy atom. The Balaban J connectivity index is 2.05. The maximum absolute atomic E-state index is 14.3. The number of hydrogen-bond donors (Lipinski definition) is 1. The Morgan fingerprint density at radius 2 is 2.08 bits per heavy atom. The number of hydrogen-bond acceptors (Lipinski definition) is 4. The van der Waals surface area contributed by atoms with E-state index in [0.717, 1.165) is 0 Å². The quantitative estimate of drug-likeness (QED) is 0.685. The summed E-state index contributed by atoms with van der Waals surface area (Å²) in [5, 5.41) is 8.57. The SMILES string of the molecule is CC(C)Oc1ncccc1-c1ccc(OCCCCC(=O)O)c(F)c1. The molecule has 0 saturated carbocycles. The summed E-state index contributed by atoms with van der Waals surface area (Å²) in [4.78, 5) is 14.6. The summed E-state index contributed by atoms with van der Waals surface area (Å²) in [6.45, 7) is 4.08. The van der Waals surface area contributed by atoms with Crippen molar-refractivity contribution in [2.75, 3.05) is 6.61 Å². The summed E-state index contributed by atoms with van der Waals surface area (Å²) < 4.78 is 25.3. The number of rotatable bonds is 9. The molecule has 6 heteroatoms.